The van der Waals surface area contributed by atoms with Crippen LogP contribution in [0.1, 0.15) is 55.6 Å². The van der Waals surface area contributed by atoms with Gasteiger partial charge in [0.15, 0.2) is 12.2 Å². The van der Waals surface area contributed by atoms with E-state index in [0.29, 0.717) is 31.3 Å². The predicted octanol–water partition coefficient (Wildman–Crippen LogP) is 5.14. The summed E-state index contributed by atoms with van der Waals surface area (Å²) in [6.07, 6.45) is 8.04. The average Bonchev–Trinajstić information content (AvgIpc) is 3.57. The topological polar surface area (TPSA) is 84.7 Å². The molecule has 37 heavy (non-hydrogen) atoms. The lowest BCUT2D eigenvalue weighted by atomic mass is 9.73. The highest BCUT2D eigenvalue weighted by molar-refractivity contribution is 5.92. The molecule has 2 fully saturated rings. The Morgan fingerprint density at radius 1 is 1.05 bits per heavy atom. The van der Waals surface area contributed by atoms with Crippen molar-refractivity contribution in [3.63, 3.8) is 0 Å². The van der Waals surface area contributed by atoms with E-state index in [1.54, 1.807) is 6.20 Å². The fraction of sp³-hybridized carbons (Fsp3) is 0.433. The number of aromatic nitrogens is 1. The van der Waals surface area contributed by atoms with E-state index in [0.717, 1.165) is 56.4 Å². The van der Waals surface area contributed by atoms with E-state index in [1.165, 1.54) is 17.5 Å². The van der Waals surface area contributed by atoms with E-state index in [2.05, 4.69) is 39.5 Å². The summed E-state index contributed by atoms with van der Waals surface area (Å²) in [6.45, 7) is 2.96. The third-order valence-electron chi connectivity index (χ3n) is 8.51. The normalized spacial score (nSPS) is 21.1. The molecule has 2 aliphatic heterocycles. The van der Waals surface area contributed by atoms with Gasteiger partial charge in [-0.15, -0.1) is 0 Å². The third-order valence-corrected chi connectivity index (χ3v) is 8.51. The number of nitrogens with zero attached hydrogens (tertiary/aromatic N) is 2. The zero-order chi connectivity index (χ0) is 25.2. The van der Waals surface area contributed by atoms with Crippen molar-refractivity contribution in [2.45, 2.75) is 49.9 Å². The first-order valence-electron chi connectivity index (χ1n) is 13.4. The second-order valence-corrected chi connectivity index (χ2v) is 10.7. The molecule has 0 radical (unpaired) electrons. The number of likely N-dealkylation sites (tertiary alicyclic amines) is 1. The second-order valence-electron chi connectivity index (χ2n) is 10.7. The number of ether oxygens (including phenoxy) is 1. The first kappa shape index (κ1) is 23.9. The molecule has 1 spiro atoms. The maximum absolute atomic E-state index is 13.2. The van der Waals surface area contributed by atoms with Gasteiger partial charge in [-0.1, -0.05) is 36.4 Å². The highest BCUT2D eigenvalue weighted by Crippen LogP contribution is 2.52. The van der Waals surface area contributed by atoms with E-state index < -0.39 is 0 Å². The molecule has 1 aliphatic carbocycles. The first-order valence-corrected chi connectivity index (χ1v) is 13.4. The van der Waals surface area contributed by atoms with Crippen LogP contribution in [0.3, 0.4) is 0 Å². The fourth-order valence-corrected chi connectivity index (χ4v) is 6.59. The molecule has 1 atom stereocenters. The lowest BCUT2D eigenvalue weighted by molar-refractivity contribution is -0.140. The highest BCUT2D eigenvalue weighted by atomic mass is 16.5. The SMILES string of the molecule is O=C(CC1CC2(CCN(C(=O)C3CCOCC3)CC2)c2ccccc21)Nc1cccc(-c2cnco2)c1. The maximum Gasteiger partial charge on any atom is 0.225 e. The van der Waals surface area contributed by atoms with Gasteiger partial charge in [0.2, 0.25) is 11.8 Å². The van der Waals surface area contributed by atoms with Crippen molar-refractivity contribution >= 4 is 17.5 Å². The number of carbonyl (C=O) groups excluding carboxylic acids is 2. The molecule has 2 aromatic carbocycles. The summed E-state index contributed by atoms with van der Waals surface area (Å²) in [5, 5.41) is 3.09. The largest absolute Gasteiger partial charge is 0.444 e. The Bertz CT molecular complexity index is 1260. The van der Waals surface area contributed by atoms with Gasteiger partial charge in [0.25, 0.3) is 0 Å². The number of anilines is 1. The number of piperidine rings is 1. The standard InChI is InChI=1S/C30H33N3O4/c34-28(32-24-5-3-4-22(16-24)27-19-31-20-37-27)17-23-18-30(26-7-2-1-6-25(23)26)10-12-33(13-11-30)29(35)21-8-14-36-15-9-21/h1-7,16,19-21,23H,8-15,17-18H2,(H,32,34). The van der Waals surface area contributed by atoms with Gasteiger partial charge in [0.05, 0.1) is 6.20 Å². The van der Waals surface area contributed by atoms with Gasteiger partial charge in [-0.3, -0.25) is 9.59 Å². The van der Waals surface area contributed by atoms with Crippen molar-refractivity contribution in [3.8, 4) is 11.3 Å². The van der Waals surface area contributed by atoms with Crippen LogP contribution in [0.15, 0.2) is 65.5 Å². The van der Waals surface area contributed by atoms with Crippen molar-refractivity contribution in [2.75, 3.05) is 31.6 Å². The first-order chi connectivity index (χ1) is 18.1. The van der Waals surface area contributed by atoms with Crippen LogP contribution in [0.5, 0.6) is 0 Å². The molecular formula is C30H33N3O4. The molecule has 6 rings (SSSR count). The van der Waals surface area contributed by atoms with Gasteiger partial charge in [-0.25, -0.2) is 4.98 Å². The van der Waals surface area contributed by atoms with Crippen LogP contribution in [-0.4, -0.2) is 48.0 Å². The molecule has 3 heterocycles. The molecule has 1 unspecified atom stereocenters. The summed E-state index contributed by atoms with van der Waals surface area (Å²) >= 11 is 0. The third kappa shape index (κ3) is 4.80. The smallest absolute Gasteiger partial charge is 0.225 e. The van der Waals surface area contributed by atoms with E-state index in [-0.39, 0.29) is 23.2 Å². The number of carbonyl (C=O) groups is 2. The lowest BCUT2D eigenvalue weighted by Gasteiger charge is -2.41. The van der Waals surface area contributed by atoms with Gasteiger partial charge in [-0.05, 0) is 66.7 Å². The Morgan fingerprint density at radius 2 is 1.86 bits per heavy atom. The zero-order valence-electron chi connectivity index (χ0n) is 21.0. The number of nitrogens with one attached hydrogen (secondary N) is 1. The van der Waals surface area contributed by atoms with Crippen LogP contribution >= 0.6 is 0 Å². The van der Waals surface area contributed by atoms with Gasteiger partial charge in [0, 0.05) is 49.9 Å². The van der Waals surface area contributed by atoms with E-state index in [9.17, 15) is 9.59 Å². The number of hydrogen-bond acceptors (Lipinski definition) is 5. The van der Waals surface area contributed by atoms with Gasteiger partial charge >= 0.3 is 0 Å². The summed E-state index contributed by atoms with van der Waals surface area (Å²) in [4.78, 5) is 32.3. The van der Waals surface area contributed by atoms with Crippen LogP contribution in [0, 0.1) is 5.92 Å². The summed E-state index contributed by atoms with van der Waals surface area (Å²) in [6, 6.07) is 16.3. The van der Waals surface area contributed by atoms with Crippen LogP contribution in [0.25, 0.3) is 11.3 Å². The minimum Gasteiger partial charge on any atom is -0.444 e. The predicted molar refractivity (Wildman–Crippen MR) is 140 cm³/mol. The minimum absolute atomic E-state index is 0.0127. The fourth-order valence-electron chi connectivity index (χ4n) is 6.59. The minimum atomic E-state index is 0.0127. The second kappa shape index (κ2) is 10.1. The summed E-state index contributed by atoms with van der Waals surface area (Å²) in [5.41, 5.74) is 4.33. The van der Waals surface area contributed by atoms with Crippen LogP contribution in [0.2, 0.25) is 0 Å². The lowest BCUT2D eigenvalue weighted by Crippen LogP contribution is -2.47. The van der Waals surface area contributed by atoms with Crippen LogP contribution in [0.4, 0.5) is 5.69 Å². The average molecular weight is 500 g/mol. The van der Waals surface area contributed by atoms with Gasteiger partial charge in [-0.2, -0.15) is 0 Å². The Hall–Kier alpha value is -3.45. The molecule has 0 bridgehead atoms. The molecule has 2 saturated heterocycles. The molecule has 1 N–H and O–H groups in total. The van der Waals surface area contributed by atoms with Crippen molar-refractivity contribution < 1.29 is 18.7 Å². The number of rotatable bonds is 5. The van der Waals surface area contributed by atoms with Crippen molar-refractivity contribution in [3.05, 3.63) is 72.2 Å². The van der Waals surface area contributed by atoms with E-state index in [1.807, 2.05) is 24.3 Å². The molecule has 1 aromatic heterocycles. The van der Waals surface area contributed by atoms with Gasteiger partial charge in [0.1, 0.15) is 0 Å². The summed E-state index contributed by atoms with van der Waals surface area (Å²) in [7, 11) is 0. The Morgan fingerprint density at radius 3 is 2.65 bits per heavy atom. The van der Waals surface area contributed by atoms with Crippen molar-refractivity contribution in [2.24, 2.45) is 5.92 Å². The highest BCUT2D eigenvalue weighted by Gasteiger charge is 2.46. The monoisotopic (exact) mass is 499 g/mol. The molecule has 0 saturated carbocycles. The van der Waals surface area contributed by atoms with Crippen molar-refractivity contribution in [1.82, 2.24) is 9.88 Å². The molecule has 2 amide bonds. The maximum atomic E-state index is 13.2. The number of fused-ring (bicyclic) bond motifs is 2. The van der Waals surface area contributed by atoms with E-state index >= 15 is 0 Å². The summed E-state index contributed by atoms with van der Waals surface area (Å²) < 4.78 is 10.8. The zero-order valence-corrected chi connectivity index (χ0v) is 21.0. The number of hydrogen-bond donors (Lipinski definition) is 1. The van der Waals surface area contributed by atoms with Crippen molar-refractivity contribution in [1.29, 1.82) is 0 Å². The Kier molecular flexibility index (Phi) is 6.55. The molecule has 3 aliphatic rings. The number of amides is 2. The summed E-state index contributed by atoms with van der Waals surface area (Å²) in [5.74, 6) is 1.26. The Balaban J connectivity index is 1.12. The van der Waals surface area contributed by atoms with Crippen LogP contribution in [-0.2, 0) is 19.7 Å². The molecule has 7 heteroatoms. The number of benzene rings is 2. The molecule has 192 valence electrons. The Labute approximate surface area is 217 Å². The molecule has 3 aromatic rings. The number of oxazole rings is 1. The van der Waals surface area contributed by atoms with Gasteiger partial charge < -0.3 is 19.4 Å². The van der Waals surface area contributed by atoms with Crippen LogP contribution < -0.4 is 5.32 Å². The quantitative estimate of drug-likeness (QED) is 0.525. The molecular weight excluding hydrogens is 466 g/mol. The van der Waals surface area contributed by atoms with E-state index in [4.69, 9.17) is 9.15 Å². The molecule has 7 nitrogen and oxygen atoms in total.